The topological polar surface area (TPSA) is 0 Å². The highest BCUT2D eigenvalue weighted by Gasteiger charge is 2.30. The molecule has 0 aromatic heterocycles. The highest BCUT2D eigenvalue weighted by atomic mass is 32.1. The van der Waals surface area contributed by atoms with Gasteiger partial charge >= 0.3 is 0 Å². The summed E-state index contributed by atoms with van der Waals surface area (Å²) in [4.78, 5) is 1.50. The second kappa shape index (κ2) is 3.36. The monoisotopic (exact) mass is 202 g/mol. The number of hydrogen-bond acceptors (Lipinski definition) is 1. The minimum absolute atomic E-state index is 1.16. The number of thiocarbonyl (C=S) groups is 1. The quantitative estimate of drug-likeness (QED) is 0.489. The van der Waals surface area contributed by atoms with Crippen LogP contribution in [0.25, 0.3) is 0 Å². The van der Waals surface area contributed by atoms with Crippen molar-refractivity contribution in [3.8, 4) is 0 Å². The van der Waals surface area contributed by atoms with Crippen LogP contribution >= 0.6 is 12.2 Å². The van der Waals surface area contributed by atoms with Gasteiger partial charge in [0.05, 0.1) is 16.1 Å². The van der Waals surface area contributed by atoms with Crippen molar-refractivity contribution in [3.05, 3.63) is 4.82 Å². The third-order valence-electron chi connectivity index (χ3n) is 1.60. The lowest BCUT2D eigenvalue weighted by molar-refractivity contribution is 1.67. The minimum atomic E-state index is -1.16. The van der Waals surface area contributed by atoms with Gasteiger partial charge in [0, 0.05) is 0 Å². The maximum absolute atomic E-state index is 4.95. The first-order valence-corrected chi connectivity index (χ1v) is 11.4. The second-order valence-corrected chi connectivity index (χ2v) is 15.7. The van der Waals surface area contributed by atoms with E-state index in [4.69, 9.17) is 12.2 Å². The van der Waals surface area contributed by atoms with E-state index in [2.05, 4.69) is 44.3 Å². The molecule has 0 aromatic carbocycles. The molecule has 0 saturated carbocycles. The number of hydrogen-bond donors (Lipinski definition) is 0. The van der Waals surface area contributed by atoms with Crippen LogP contribution in [-0.2, 0) is 0 Å². The Morgan fingerprint density at radius 3 is 1.18 bits per heavy atom. The summed E-state index contributed by atoms with van der Waals surface area (Å²) in [6, 6.07) is 0. The molecule has 11 heavy (non-hydrogen) atoms. The summed E-state index contributed by atoms with van der Waals surface area (Å²) >= 11 is 4.95. The Bertz CT molecular complexity index is 173. The highest BCUT2D eigenvalue weighted by molar-refractivity contribution is 7.78. The molecule has 0 fully saturated rings. The van der Waals surface area contributed by atoms with Gasteiger partial charge in [0.1, 0.15) is 0 Å². The Labute approximate surface area is 77.7 Å². The Hall–Kier alpha value is 0.304. The molecule has 0 aliphatic rings. The van der Waals surface area contributed by atoms with E-state index in [-0.39, 0.29) is 0 Å². The van der Waals surface area contributed by atoms with Crippen molar-refractivity contribution in [2.45, 2.75) is 39.3 Å². The summed E-state index contributed by atoms with van der Waals surface area (Å²) in [6.07, 6.45) is 0. The number of rotatable bonds is 2. The van der Waals surface area contributed by atoms with E-state index in [0.29, 0.717) is 0 Å². The van der Waals surface area contributed by atoms with Crippen molar-refractivity contribution >= 4 is 33.4 Å². The van der Waals surface area contributed by atoms with Gasteiger partial charge in [0.2, 0.25) is 0 Å². The van der Waals surface area contributed by atoms with Crippen LogP contribution in [0.3, 0.4) is 0 Å². The summed E-state index contributed by atoms with van der Waals surface area (Å²) in [6.45, 7) is 14.1. The van der Waals surface area contributed by atoms with Gasteiger partial charge in [0.25, 0.3) is 0 Å². The van der Waals surface area contributed by atoms with Crippen molar-refractivity contribution in [2.24, 2.45) is 0 Å². The first-order chi connectivity index (χ1) is 4.69. The van der Waals surface area contributed by atoms with Gasteiger partial charge in [-0.3, -0.25) is 0 Å². The fraction of sp³-hybridized carbons (Fsp3) is 0.750. The van der Waals surface area contributed by atoms with Crippen molar-refractivity contribution in [3.63, 3.8) is 0 Å². The molecule has 0 unspecified atom stereocenters. The van der Waals surface area contributed by atoms with Crippen LogP contribution in [0.4, 0.5) is 0 Å². The van der Waals surface area contributed by atoms with E-state index in [1.807, 2.05) is 0 Å². The third kappa shape index (κ3) is 3.47. The van der Waals surface area contributed by atoms with Gasteiger partial charge in [-0.05, 0) is 17.0 Å². The molecule has 0 rings (SSSR count). The van der Waals surface area contributed by atoms with Gasteiger partial charge in [-0.1, -0.05) is 44.3 Å². The maximum atomic E-state index is 4.95. The summed E-state index contributed by atoms with van der Waals surface area (Å²) in [5, 5.41) is 3.01. The molecule has 0 aromatic rings. The Balaban J connectivity index is 4.90. The fourth-order valence-corrected chi connectivity index (χ4v) is 12.9. The SMILES string of the molecule is C[Si](C)(C)C(=C=S)[Si](C)(C)C. The Kier molecular flexibility index (Phi) is 3.45. The Morgan fingerprint density at radius 1 is 0.909 bits per heavy atom. The predicted molar refractivity (Wildman–Crippen MR) is 62.8 cm³/mol. The van der Waals surface area contributed by atoms with E-state index >= 15 is 0 Å². The van der Waals surface area contributed by atoms with Crippen molar-refractivity contribution in [1.29, 1.82) is 0 Å². The average Bonchev–Trinajstić information content (AvgIpc) is 1.56. The first-order valence-electron chi connectivity index (χ1n) is 3.95. The van der Waals surface area contributed by atoms with Gasteiger partial charge in [-0.15, -0.1) is 0 Å². The predicted octanol–water partition coefficient (Wildman–Crippen LogP) is 3.27. The van der Waals surface area contributed by atoms with E-state index in [1.54, 1.807) is 0 Å². The first kappa shape index (κ1) is 11.3. The second-order valence-electron chi connectivity index (χ2n) is 4.98. The molecule has 64 valence electrons. The average molecular weight is 202 g/mol. The van der Waals surface area contributed by atoms with Crippen LogP contribution in [0, 0.1) is 0 Å². The van der Waals surface area contributed by atoms with Crippen LogP contribution in [0.15, 0.2) is 4.82 Å². The fourth-order valence-electron chi connectivity index (χ4n) is 1.43. The lowest BCUT2D eigenvalue weighted by Gasteiger charge is -2.28. The summed E-state index contributed by atoms with van der Waals surface area (Å²) < 4.78 is 0. The molecular formula is C8H18SSi2. The zero-order valence-electron chi connectivity index (χ0n) is 8.41. The van der Waals surface area contributed by atoms with E-state index in [0.717, 1.165) is 0 Å². The van der Waals surface area contributed by atoms with Crippen molar-refractivity contribution in [2.75, 3.05) is 0 Å². The normalized spacial score (nSPS) is 12.5. The molecule has 0 atom stereocenters. The molecule has 0 radical (unpaired) electrons. The van der Waals surface area contributed by atoms with E-state index < -0.39 is 16.1 Å². The van der Waals surface area contributed by atoms with Crippen LogP contribution in [0.1, 0.15) is 0 Å². The van der Waals surface area contributed by atoms with E-state index in [1.165, 1.54) is 4.82 Å². The third-order valence-corrected chi connectivity index (χ3v) is 9.92. The zero-order chi connectivity index (χ0) is 9.28. The van der Waals surface area contributed by atoms with Crippen LogP contribution < -0.4 is 0 Å². The minimum Gasteiger partial charge on any atom is -0.0657 e. The van der Waals surface area contributed by atoms with Gasteiger partial charge in [0.15, 0.2) is 0 Å². The van der Waals surface area contributed by atoms with Crippen LogP contribution in [0.2, 0.25) is 39.3 Å². The van der Waals surface area contributed by atoms with Crippen molar-refractivity contribution < 1.29 is 0 Å². The molecule has 0 aliphatic heterocycles. The highest BCUT2D eigenvalue weighted by Crippen LogP contribution is 2.22. The summed E-state index contributed by atoms with van der Waals surface area (Å²) in [7, 11) is -2.32. The summed E-state index contributed by atoms with van der Waals surface area (Å²) in [5.41, 5.74) is 0. The van der Waals surface area contributed by atoms with Crippen LogP contribution in [0.5, 0.6) is 0 Å². The lowest BCUT2D eigenvalue weighted by Crippen LogP contribution is -2.40. The lowest BCUT2D eigenvalue weighted by atomic mass is 11.2. The van der Waals surface area contributed by atoms with Gasteiger partial charge in [-0.25, -0.2) is 0 Å². The smallest absolute Gasteiger partial charge is 0.0657 e. The standard InChI is InChI=1S/C8H18SSi2/c1-10(2,3)8(7-9)11(4,5)6/h1-6H3. The van der Waals surface area contributed by atoms with Crippen molar-refractivity contribution in [1.82, 2.24) is 0 Å². The Morgan fingerprint density at radius 2 is 1.18 bits per heavy atom. The molecule has 0 heterocycles. The molecule has 0 nitrogen and oxygen atoms in total. The summed E-state index contributed by atoms with van der Waals surface area (Å²) in [5.74, 6) is 0. The molecule has 0 amide bonds. The largest absolute Gasteiger partial charge is 0.0784 e. The van der Waals surface area contributed by atoms with Crippen LogP contribution in [-0.4, -0.2) is 21.2 Å². The molecule has 0 bridgehead atoms. The van der Waals surface area contributed by atoms with Gasteiger partial charge < -0.3 is 0 Å². The molecule has 0 aliphatic carbocycles. The molecule has 0 spiro atoms. The van der Waals surface area contributed by atoms with Gasteiger partial charge in [-0.2, -0.15) is 0 Å². The molecule has 0 N–H and O–H groups in total. The zero-order valence-corrected chi connectivity index (χ0v) is 11.2. The van der Waals surface area contributed by atoms with E-state index in [9.17, 15) is 0 Å². The maximum Gasteiger partial charge on any atom is 0.0784 e. The molecule has 0 saturated heterocycles. The molecule has 3 heteroatoms. The molecular weight excluding hydrogens is 184 g/mol.